The van der Waals surface area contributed by atoms with Crippen molar-refractivity contribution in [2.24, 2.45) is 0 Å². The van der Waals surface area contributed by atoms with Gasteiger partial charge in [-0.15, -0.1) is 0 Å². The normalized spacial score (nSPS) is 20.0. The summed E-state index contributed by atoms with van der Waals surface area (Å²) < 4.78 is 20.0. The number of likely N-dealkylation sites (tertiary alicyclic amines) is 1. The first kappa shape index (κ1) is 20.5. The molecule has 0 spiro atoms. The minimum atomic E-state index is -1.96. The summed E-state index contributed by atoms with van der Waals surface area (Å²) in [4.78, 5) is 14.8. The average molecular weight is 406 g/mol. The SMILES string of the molecule is [2H][C@@](O)(c1ccc2c(c1)OCCO2)[C@@H](CN1CCCC1)NC(=O)CCCCCCC. The molecule has 1 aromatic rings. The van der Waals surface area contributed by atoms with E-state index in [1.54, 1.807) is 18.2 Å². The van der Waals surface area contributed by atoms with E-state index in [0.717, 1.165) is 45.2 Å². The Kier molecular flexibility index (Phi) is 8.06. The highest BCUT2D eigenvalue weighted by molar-refractivity contribution is 5.76. The molecule has 2 N–H and O–H groups in total. The Balaban J connectivity index is 1.69. The largest absolute Gasteiger partial charge is 0.486 e. The number of fused-ring (bicyclic) bond motifs is 1. The first-order chi connectivity index (χ1) is 14.5. The monoisotopic (exact) mass is 405 g/mol. The second-order valence-electron chi connectivity index (χ2n) is 8.04. The summed E-state index contributed by atoms with van der Waals surface area (Å²) in [6.07, 6.45) is 6.06. The summed E-state index contributed by atoms with van der Waals surface area (Å²) >= 11 is 0. The maximum absolute atomic E-state index is 12.6. The number of rotatable bonds is 11. The minimum Gasteiger partial charge on any atom is -0.486 e. The molecule has 162 valence electrons. The van der Waals surface area contributed by atoms with Gasteiger partial charge in [-0.3, -0.25) is 4.79 Å². The molecule has 2 heterocycles. The van der Waals surface area contributed by atoms with Crippen LogP contribution in [0, 0.1) is 0 Å². The van der Waals surface area contributed by atoms with Crippen LogP contribution >= 0.6 is 0 Å². The van der Waals surface area contributed by atoms with E-state index in [1.807, 2.05) is 0 Å². The molecule has 29 heavy (non-hydrogen) atoms. The topological polar surface area (TPSA) is 71.0 Å². The Morgan fingerprint density at radius 1 is 1.17 bits per heavy atom. The van der Waals surface area contributed by atoms with Crippen molar-refractivity contribution in [1.82, 2.24) is 10.2 Å². The van der Waals surface area contributed by atoms with Gasteiger partial charge in [-0.25, -0.2) is 0 Å². The van der Waals surface area contributed by atoms with Crippen LogP contribution < -0.4 is 14.8 Å². The second-order valence-corrected chi connectivity index (χ2v) is 8.04. The number of hydrogen-bond acceptors (Lipinski definition) is 5. The third kappa shape index (κ3) is 6.61. The zero-order chi connectivity index (χ0) is 21.4. The fourth-order valence-corrected chi connectivity index (χ4v) is 3.98. The maximum Gasteiger partial charge on any atom is 0.220 e. The van der Waals surface area contributed by atoms with Crippen molar-refractivity contribution >= 4 is 5.91 Å². The van der Waals surface area contributed by atoms with Gasteiger partial charge >= 0.3 is 0 Å². The molecule has 1 saturated heterocycles. The number of carbonyl (C=O) groups is 1. The molecule has 0 bridgehead atoms. The van der Waals surface area contributed by atoms with E-state index >= 15 is 0 Å². The lowest BCUT2D eigenvalue weighted by atomic mass is 10.0. The molecule has 6 nitrogen and oxygen atoms in total. The molecular weight excluding hydrogens is 368 g/mol. The first-order valence-corrected chi connectivity index (χ1v) is 11.1. The van der Waals surface area contributed by atoms with Crippen LogP contribution in [0.15, 0.2) is 18.2 Å². The summed E-state index contributed by atoms with van der Waals surface area (Å²) in [6.45, 7) is 5.42. The van der Waals surface area contributed by atoms with Gasteiger partial charge < -0.3 is 24.8 Å². The predicted molar refractivity (Wildman–Crippen MR) is 113 cm³/mol. The van der Waals surface area contributed by atoms with Gasteiger partial charge in [-0.2, -0.15) is 0 Å². The molecule has 0 radical (unpaired) electrons. The van der Waals surface area contributed by atoms with Gasteiger partial charge in [0.1, 0.15) is 19.3 Å². The lowest BCUT2D eigenvalue weighted by Crippen LogP contribution is -2.46. The highest BCUT2D eigenvalue weighted by atomic mass is 16.6. The third-order valence-electron chi connectivity index (χ3n) is 5.65. The summed E-state index contributed by atoms with van der Waals surface area (Å²) in [7, 11) is 0. The number of nitrogens with one attached hydrogen (secondary N) is 1. The molecule has 2 aliphatic heterocycles. The lowest BCUT2D eigenvalue weighted by molar-refractivity contribution is -0.123. The van der Waals surface area contributed by atoms with E-state index in [4.69, 9.17) is 10.8 Å². The van der Waals surface area contributed by atoms with Crippen LogP contribution in [0.5, 0.6) is 11.5 Å². The molecule has 1 amide bonds. The zero-order valence-corrected chi connectivity index (χ0v) is 17.6. The Labute approximate surface area is 176 Å². The summed E-state index contributed by atoms with van der Waals surface area (Å²) in [6, 6.07) is 4.36. The lowest BCUT2D eigenvalue weighted by Gasteiger charge is -2.29. The van der Waals surface area contributed by atoms with Crippen molar-refractivity contribution in [1.29, 1.82) is 0 Å². The number of nitrogens with zero attached hydrogens (tertiary/aromatic N) is 1. The number of aliphatic hydroxyl groups is 1. The fraction of sp³-hybridized carbons (Fsp3) is 0.696. The van der Waals surface area contributed by atoms with Gasteiger partial charge in [0.05, 0.1) is 7.41 Å². The van der Waals surface area contributed by atoms with E-state index in [9.17, 15) is 9.90 Å². The molecule has 0 saturated carbocycles. The van der Waals surface area contributed by atoms with Gasteiger partial charge in [0.25, 0.3) is 0 Å². The molecular formula is C23H36N2O4. The molecule has 2 atom stereocenters. The quantitative estimate of drug-likeness (QED) is 0.552. The standard InChI is InChI=1S/C23H36N2O4/c1-2-3-4-5-6-9-22(26)24-19(17-25-12-7-8-13-25)23(27)18-10-11-20-21(16-18)29-15-14-28-20/h10-11,16,19,23,27H,2-9,12-15,17H2,1H3,(H,24,26)/t19-,23-/m1/s1/i23D. The summed E-state index contributed by atoms with van der Waals surface area (Å²) in [5.74, 6) is 1.05. The zero-order valence-electron chi connectivity index (χ0n) is 18.6. The van der Waals surface area contributed by atoms with Crippen molar-refractivity contribution in [2.75, 3.05) is 32.8 Å². The van der Waals surface area contributed by atoms with E-state index in [1.165, 1.54) is 12.8 Å². The average Bonchev–Trinajstić information content (AvgIpc) is 3.26. The molecule has 0 aliphatic carbocycles. The molecule has 0 aromatic heterocycles. The van der Waals surface area contributed by atoms with Crippen molar-refractivity contribution in [3.8, 4) is 11.5 Å². The van der Waals surface area contributed by atoms with Gasteiger partial charge in [-0.05, 0) is 50.0 Å². The Hall–Kier alpha value is -1.79. The van der Waals surface area contributed by atoms with Crippen molar-refractivity contribution in [3.05, 3.63) is 23.8 Å². The Morgan fingerprint density at radius 2 is 1.90 bits per heavy atom. The van der Waals surface area contributed by atoms with Crippen molar-refractivity contribution in [3.63, 3.8) is 0 Å². The maximum atomic E-state index is 12.6. The number of hydrogen-bond donors (Lipinski definition) is 2. The minimum absolute atomic E-state index is 0.0982. The number of unbranched alkanes of at least 4 members (excludes halogenated alkanes) is 4. The molecule has 0 unspecified atom stereocenters. The molecule has 6 heteroatoms. The van der Waals surface area contributed by atoms with Crippen LogP contribution in [0.25, 0.3) is 0 Å². The van der Waals surface area contributed by atoms with Crippen LogP contribution in [0.3, 0.4) is 0 Å². The van der Waals surface area contributed by atoms with Crippen LogP contribution in [0.2, 0.25) is 0 Å². The number of ether oxygens (including phenoxy) is 2. The van der Waals surface area contributed by atoms with Crippen molar-refractivity contribution < 1.29 is 20.7 Å². The Bertz CT molecular complexity index is 692. The van der Waals surface area contributed by atoms with Gasteiger partial charge in [-0.1, -0.05) is 38.7 Å². The number of amides is 1. The predicted octanol–water partition coefficient (Wildman–Crippen LogP) is 3.43. The third-order valence-corrected chi connectivity index (χ3v) is 5.65. The highest BCUT2D eigenvalue weighted by Crippen LogP contribution is 2.33. The van der Waals surface area contributed by atoms with Crippen LogP contribution in [-0.2, 0) is 4.79 Å². The molecule has 1 aromatic carbocycles. The summed E-state index contributed by atoms with van der Waals surface area (Å²) in [5, 5.41) is 14.2. The van der Waals surface area contributed by atoms with Crippen LogP contribution in [0.4, 0.5) is 0 Å². The van der Waals surface area contributed by atoms with E-state index in [0.29, 0.717) is 43.2 Å². The van der Waals surface area contributed by atoms with Gasteiger partial charge in [0, 0.05) is 13.0 Å². The smallest absolute Gasteiger partial charge is 0.220 e. The van der Waals surface area contributed by atoms with E-state index in [-0.39, 0.29) is 5.91 Å². The van der Waals surface area contributed by atoms with Gasteiger partial charge in [0.2, 0.25) is 5.91 Å². The Morgan fingerprint density at radius 3 is 2.66 bits per heavy atom. The second kappa shape index (κ2) is 11.4. The number of benzene rings is 1. The van der Waals surface area contributed by atoms with E-state index in [2.05, 4.69) is 17.1 Å². The van der Waals surface area contributed by atoms with Crippen LogP contribution in [-0.4, -0.2) is 54.8 Å². The van der Waals surface area contributed by atoms with Gasteiger partial charge in [0.15, 0.2) is 11.5 Å². The summed E-state index contributed by atoms with van der Waals surface area (Å²) in [5.41, 5.74) is 0.402. The van der Waals surface area contributed by atoms with E-state index < -0.39 is 12.1 Å². The fourth-order valence-electron chi connectivity index (χ4n) is 3.98. The van der Waals surface area contributed by atoms with Crippen molar-refractivity contribution in [2.45, 2.75) is 70.4 Å². The number of carbonyl (C=O) groups excluding carboxylic acids is 1. The first-order valence-electron chi connectivity index (χ1n) is 11.6. The molecule has 3 rings (SSSR count). The molecule has 2 aliphatic rings. The molecule has 1 fully saturated rings. The highest BCUT2D eigenvalue weighted by Gasteiger charge is 2.27. The van der Waals surface area contributed by atoms with Crippen LogP contribution in [0.1, 0.15) is 71.3 Å².